The molecule has 0 spiro atoms. The molecule has 106 valence electrons. The first-order chi connectivity index (χ1) is 9.60. The highest BCUT2D eigenvalue weighted by atomic mass is 35.5. The lowest BCUT2D eigenvalue weighted by atomic mass is 10.0. The summed E-state index contributed by atoms with van der Waals surface area (Å²) in [4.78, 5) is 2.41. The van der Waals surface area contributed by atoms with Crippen LogP contribution in [0.15, 0.2) is 30.4 Å². The van der Waals surface area contributed by atoms with Crippen LogP contribution in [-0.4, -0.2) is 30.6 Å². The van der Waals surface area contributed by atoms with Crippen LogP contribution in [0.4, 0.5) is 5.69 Å². The molecule has 1 aromatic rings. The first-order valence-corrected chi connectivity index (χ1v) is 7.30. The third-order valence-corrected chi connectivity index (χ3v) is 3.88. The third-order valence-electron chi connectivity index (χ3n) is 3.56. The number of hydrogen-bond donors (Lipinski definition) is 1. The minimum Gasteiger partial charge on any atom is -0.380 e. The van der Waals surface area contributed by atoms with Gasteiger partial charge in [0.15, 0.2) is 0 Å². The van der Waals surface area contributed by atoms with E-state index in [0.29, 0.717) is 16.6 Å². The van der Waals surface area contributed by atoms with Crippen LogP contribution in [0.1, 0.15) is 25.3 Å². The summed E-state index contributed by atoms with van der Waals surface area (Å²) in [6, 6.07) is 7.99. The molecule has 1 aliphatic heterocycles. The Morgan fingerprint density at radius 1 is 1.50 bits per heavy atom. The molecule has 1 fully saturated rings. The molecule has 3 nitrogen and oxygen atoms in total. The predicted octanol–water partition coefficient (Wildman–Crippen LogP) is 3.66. The summed E-state index contributed by atoms with van der Waals surface area (Å²) < 4.78 is 0. The van der Waals surface area contributed by atoms with E-state index in [0.717, 1.165) is 38.2 Å². The number of nitriles is 1. The van der Waals surface area contributed by atoms with Crippen molar-refractivity contribution in [3.63, 3.8) is 0 Å². The van der Waals surface area contributed by atoms with Gasteiger partial charge in [-0.15, -0.1) is 0 Å². The highest BCUT2D eigenvalue weighted by molar-refractivity contribution is 6.33. The van der Waals surface area contributed by atoms with Gasteiger partial charge in [-0.05, 0) is 31.9 Å². The average Bonchev–Trinajstić information content (AvgIpc) is 2.42. The fourth-order valence-corrected chi connectivity index (χ4v) is 2.81. The van der Waals surface area contributed by atoms with Crippen molar-refractivity contribution in [2.45, 2.75) is 25.8 Å². The van der Waals surface area contributed by atoms with E-state index < -0.39 is 0 Å². The lowest BCUT2D eigenvalue weighted by molar-refractivity contribution is 0.236. The molecule has 0 aromatic heterocycles. The topological polar surface area (TPSA) is 39.1 Å². The van der Waals surface area contributed by atoms with Gasteiger partial charge in [0.1, 0.15) is 6.07 Å². The summed E-state index contributed by atoms with van der Waals surface area (Å²) in [6.07, 6.45) is 2.12. The molecular formula is C16H20ClN3. The Morgan fingerprint density at radius 3 is 2.80 bits per heavy atom. The molecule has 0 saturated carbocycles. The molecule has 1 aromatic carbocycles. The van der Waals surface area contributed by atoms with Crippen LogP contribution in [0, 0.1) is 11.3 Å². The average molecular weight is 290 g/mol. The van der Waals surface area contributed by atoms with E-state index in [1.54, 1.807) is 6.07 Å². The number of anilines is 1. The summed E-state index contributed by atoms with van der Waals surface area (Å²) in [7, 11) is 0. The molecule has 0 radical (unpaired) electrons. The minimum atomic E-state index is 0.378. The number of piperidine rings is 1. The molecular weight excluding hydrogens is 270 g/mol. The van der Waals surface area contributed by atoms with Gasteiger partial charge in [-0.2, -0.15) is 5.26 Å². The first kappa shape index (κ1) is 14.9. The fraction of sp³-hybridized carbons (Fsp3) is 0.438. The number of nitrogens with one attached hydrogen (secondary N) is 1. The van der Waals surface area contributed by atoms with Gasteiger partial charge in [0, 0.05) is 25.7 Å². The summed E-state index contributed by atoms with van der Waals surface area (Å²) in [5.74, 6) is 0. The molecule has 1 N–H and O–H groups in total. The quantitative estimate of drug-likeness (QED) is 0.860. The van der Waals surface area contributed by atoms with Crippen LogP contribution in [0.3, 0.4) is 0 Å². The summed E-state index contributed by atoms with van der Waals surface area (Å²) >= 11 is 6.19. The van der Waals surface area contributed by atoms with Crippen LogP contribution >= 0.6 is 11.6 Å². The smallest absolute Gasteiger partial charge is 0.101 e. The minimum absolute atomic E-state index is 0.378. The molecule has 20 heavy (non-hydrogen) atoms. The van der Waals surface area contributed by atoms with E-state index in [1.807, 2.05) is 12.1 Å². The monoisotopic (exact) mass is 289 g/mol. The number of para-hydroxylation sites is 1. The van der Waals surface area contributed by atoms with Crippen molar-refractivity contribution in [3.8, 4) is 6.07 Å². The van der Waals surface area contributed by atoms with Crippen molar-refractivity contribution in [1.29, 1.82) is 5.26 Å². The van der Waals surface area contributed by atoms with E-state index in [9.17, 15) is 0 Å². The van der Waals surface area contributed by atoms with Crippen molar-refractivity contribution < 1.29 is 0 Å². The Balaban J connectivity index is 1.97. The van der Waals surface area contributed by atoms with Gasteiger partial charge < -0.3 is 5.32 Å². The van der Waals surface area contributed by atoms with Crippen LogP contribution in [0.2, 0.25) is 5.02 Å². The molecule has 0 aliphatic carbocycles. The SMILES string of the molecule is C=C(C)CN1CCC(Nc2c(Cl)cccc2C#N)CC1. The number of benzene rings is 1. The molecule has 0 unspecified atom stereocenters. The number of likely N-dealkylation sites (tertiary alicyclic amines) is 1. The Labute approximate surface area is 125 Å². The first-order valence-electron chi connectivity index (χ1n) is 6.92. The van der Waals surface area contributed by atoms with E-state index in [4.69, 9.17) is 16.9 Å². The lowest BCUT2D eigenvalue weighted by Crippen LogP contribution is -2.39. The van der Waals surface area contributed by atoms with E-state index in [1.165, 1.54) is 5.57 Å². The van der Waals surface area contributed by atoms with Gasteiger partial charge in [0.2, 0.25) is 0 Å². The molecule has 2 rings (SSSR count). The van der Waals surface area contributed by atoms with Crippen molar-refractivity contribution in [3.05, 3.63) is 40.9 Å². The zero-order chi connectivity index (χ0) is 14.5. The molecule has 1 saturated heterocycles. The Bertz CT molecular complexity index is 525. The second-order valence-corrected chi connectivity index (χ2v) is 5.83. The van der Waals surface area contributed by atoms with E-state index in [2.05, 4.69) is 29.8 Å². The van der Waals surface area contributed by atoms with Gasteiger partial charge in [0.05, 0.1) is 16.3 Å². The van der Waals surface area contributed by atoms with E-state index in [-0.39, 0.29) is 0 Å². The van der Waals surface area contributed by atoms with Crippen LogP contribution in [-0.2, 0) is 0 Å². The molecule has 1 heterocycles. The molecule has 1 aliphatic rings. The van der Waals surface area contributed by atoms with Gasteiger partial charge in [-0.3, -0.25) is 4.90 Å². The molecule has 0 atom stereocenters. The van der Waals surface area contributed by atoms with Crippen molar-refractivity contribution in [2.24, 2.45) is 0 Å². The lowest BCUT2D eigenvalue weighted by Gasteiger charge is -2.33. The van der Waals surface area contributed by atoms with Crippen molar-refractivity contribution in [1.82, 2.24) is 4.90 Å². The Hall–Kier alpha value is -1.50. The van der Waals surface area contributed by atoms with Gasteiger partial charge >= 0.3 is 0 Å². The number of halogens is 1. The number of hydrogen-bond acceptors (Lipinski definition) is 3. The van der Waals surface area contributed by atoms with Crippen LogP contribution in [0.5, 0.6) is 0 Å². The highest BCUT2D eigenvalue weighted by Gasteiger charge is 2.20. The summed E-state index contributed by atoms with van der Waals surface area (Å²) in [5.41, 5.74) is 2.59. The third kappa shape index (κ3) is 3.75. The maximum Gasteiger partial charge on any atom is 0.101 e. The van der Waals surface area contributed by atoms with Crippen molar-refractivity contribution >= 4 is 17.3 Å². The number of nitrogens with zero attached hydrogens (tertiary/aromatic N) is 2. The summed E-state index contributed by atoms with van der Waals surface area (Å²) in [6.45, 7) is 9.10. The zero-order valence-corrected chi connectivity index (χ0v) is 12.6. The summed E-state index contributed by atoms with van der Waals surface area (Å²) in [5, 5.41) is 13.2. The second kappa shape index (κ2) is 6.78. The van der Waals surface area contributed by atoms with Gasteiger partial charge in [-0.25, -0.2) is 0 Å². The highest BCUT2D eigenvalue weighted by Crippen LogP contribution is 2.28. The predicted molar refractivity (Wildman–Crippen MR) is 84.1 cm³/mol. The van der Waals surface area contributed by atoms with E-state index >= 15 is 0 Å². The van der Waals surface area contributed by atoms with Crippen LogP contribution < -0.4 is 5.32 Å². The van der Waals surface area contributed by atoms with Crippen molar-refractivity contribution in [2.75, 3.05) is 25.0 Å². The fourth-order valence-electron chi connectivity index (χ4n) is 2.59. The zero-order valence-electron chi connectivity index (χ0n) is 11.8. The van der Waals surface area contributed by atoms with Gasteiger partial charge in [0.25, 0.3) is 0 Å². The normalized spacial score (nSPS) is 16.6. The second-order valence-electron chi connectivity index (χ2n) is 5.43. The molecule has 4 heteroatoms. The Morgan fingerprint density at radius 2 is 2.20 bits per heavy atom. The Kier molecular flexibility index (Phi) is 5.05. The molecule has 0 amide bonds. The largest absolute Gasteiger partial charge is 0.380 e. The maximum absolute atomic E-state index is 9.15. The number of rotatable bonds is 4. The van der Waals surface area contributed by atoms with Gasteiger partial charge in [-0.1, -0.05) is 29.8 Å². The standard InChI is InChI=1S/C16H20ClN3/c1-12(2)11-20-8-6-14(7-9-20)19-16-13(10-18)4-3-5-15(16)17/h3-5,14,19H,1,6-9,11H2,2H3. The maximum atomic E-state index is 9.15. The molecule has 0 bridgehead atoms. The van der Waals surface area contributed by atoms with Crippen LogP contribution in [0.25, 0.3) is 0 Å².